The lowest BCUT2D eigenvalue weighted by atomic mass is 10.2. The van der Waals surface area contributed by atoms with E-state index in [4.69, 9.17) is 0 Å². The Kier molecular flexibility index (Phi) is 2.31. The van der Waals surface area contributed by atoms with Crippen LogP contribution in [0.5, 0.6) is 0 Å². The second-order valence-electron chi connectivity index (χ2n) is 4.82. The van der Waals surface area contributed by atoms with Gasteiger partial charge in [-0.3, -0.25) is 4.79 Å². The first-order valence-electron chi connectivity index (χ1n) is 6.28. The summed E-state index contributed by atoms with van der Waals surface area (Å²) in [7, 11) is 0. The Morgan fingerprint density at radius 3 is 2.95 bits per heavy atom. The molecule has 4 aromatic rings. The van der Waals surface area contributed by atoms with E-state index in [1.807, 2.05) is 42.6 Å². The van der Waals surface area contributed by atoms with Crippen molar-refractivity contribution in [3.8, 4) is 11.4 Å². The first-order valence-corrected chi connectivity index (χ1v) is 7.16. The molecule has 0 spiro atoms. The van der Waals surface area contributed by atoms with Gasteiger partial charge in [-0.15, -0.1) is 11.3 Å². The Morgan fingerprint density at radius 2 is 2.05 bits per heavy atom. The molecule has 2 N–H and O–H groups in total. The van der Waals surface area contributed by atoms with Crippen LogP contribution in [0.25, 0.3) is 32.6 Å². The van der Waals surface area contributed by atoms with Crippen LogP contribution in [0.15, 0.2) is 40.5 Å². The van der Waals surface area contributed by atoms with Gasteiger partial charge in [0.2, 0.25) is 0 Å². The molecule has 0 atom stereocenters. The summed E-state index contributed by atoms with van der Waals surface area (Å²) in [4.78, 5) is 23.7. The van der Waals surface area contributed by atoms with Gasteiger partial charge in [-0.2, -0.15) is 0 Å². The monoisotopic (exact) mass is 281 g/mol. The highest BCUT2D eigenvalue weighted by atomic mass is 32.1. The van der Waals surface area contributed by atoms with Gasteiger partial charge in [0.1, 0.15) is 10.7 Å². The average Bonchev–Trinajstić information content (AvgIpc) is 3.02. The number of hydrogen-bond donors (Lipinski definition) is 2. The molecule has 3 heterocycles. The van der Waals surface area contributed by atoms with Crippen LogP contribution in [-0.2, 0) is 0 Å². The van der Waals surface area contributed by atoms with Crippen molar-refractivity contribution in [3.63, 3.8) is 0 Å². The molecule has 0 aliphatic rings. The van der Waals surface area contributed by atoms with Crippen LogP contribution in [-0.4, -0.2) is 15.0 Å². The molecule has 98 valence electrons. The van der Waals surface area contributed by atoms with Gasteiger partial charge < -0.3 is 9.97 Å². The minimum absolute atomic E-state index is 0.115. The summed E-state index contributed by atoms with van der Waals surface area (Å²) < 4.78 is 0. The number of aromatic nitrogens is 3. The van der Waals surface area contributed by atoms with Crippen molar-refractivity contribution >= 4 is 32.6 Å². The zero-order chi connectivity index (χ0) is 13.7. The first kappa shape index (κ1) is 11.4. The molecule has 3 aromatic heterocycles. The molecular formula is C15H11N3OS. The van der Waals surface area contributed by atoms with Gasteiger partial charge in [-0.25, -0.2) is 4.98 Å². The molecule has 0 unspecified atom stereocenters. The fourth-order valence-corrected chi connectivity index (χ4v) is 3.12. The quantitative estimate of drug-likeness (QED) is 0.561. The van der Waals surface area contributed by atoms with Crippen molar-refractivity contribution in [2.45, 2.75) is 6.92 Å². The third-order valence-electron chi connectivity index (χ3n) is 3.36. The first-order chi connectivity index (χ1) is 9.70. The SMILES string of the molecule is Cc1ccc2nc(-c3cc4ccsc4[nH]c3=O)[nH]c2c1. The number of nitrogens with zero attached hydrogens (tertiary/aromatic N) is 1. The number of hydrogen-bond acceptors (Lipinski definition) is 3. The zero-order valence-corrected chi connectivity index (χ0v) is 11.5. The number of fused-ring (bicyclic) bond motifs is 2. The van der Waals surface area contributed by atoms with E-state index in [1.165, 1.54) is 11.3 Å². The largest absolute Gasteiger partial charge is 0.338 e. The molecule has 0 fully saturated rings. The lowest BCUT2D eigenvalue weighted by Gasteiger charge is -1.96. The summed E-state index contributed by atoms with van der Waals surface area (Å²) in [5.74, 6) is 0.611. The smallest absolute Gasteiger partial charge is 0.260 e. The minimum Gasteiger partial charge on any atom is -0.338 e. The zero-order valence-electron chi connectivity index (χ0n) is 10.7. The van der Waals surface area contributed by atoms with Gasteiger partial charge in [0.15, 0.2) is 0 Å². The number of rotatable bonds is 1. The Morgan fingerprint density at radius 1 is 1.15 bits per heavy atom. The number of imidazole rings is 1. The molecule has 0 bridgehead atoms. The molecule has 5 heteroatoms. The van der Waals surface area contributed by atoms with Crippen LogP contribution in [0, 0.1) is 6.92 Å². The van der Waals surface area contributed by atoms with Crippen molar-refractivity contribution in [2.24, 2.45) is 0 Å². The highest BCUT2D eigenvalue weighted by molar-refractivity contribution is 7.16. The van der Waals surface area contributed by atoms with E-state index in [0.717, 1.165) is 26.8 Å². The molecule has 4 rings (SSSR count). The lowest BCUT2D eigenvalue weighted by Crippen LogP contribution is -2.08. The summed E-state index contributed by atoms with van der Waals surface area (Å²) in [5, 5.41) is 2.99. The number of pyridine rings is 1. The number of aromatic amines is 2. The summed E-state index contributed by atoms with van der Waals surface area (Å²) in [5.41, 5.74) is 3.44. The summed E-state index contributed by atoms with van der Waals surface area (Å²) in [6.07, 6.45) is 0. The van der Waals surface area contributed by atoms with E-state index < -0.39 is 0 Å². The van der Waals surface area contributed by atoms with Crippen LogP contribution >= 0.6 is 11.3 Å². The van der Waals surface area contributed by atoms with Crippen LogP contribution in [0.4, 0.5) is 0 Å². The van der Waals surface area contributed by atoms with Crippen LogP contribution in [0.3, 0.4) is 0 Å². The Hall–Kier alpha value is -2.40. The van der Waals surface area contributed by atoms with Crippen molar-refractivity contribution in [2.75, 3.05) is 0 Å². The van der Waals surface area contributed by atoms with Gasteiger partial charge in [-0.1, -0.05) is 6.07 Å². The molecular weight excluding hydrogens is 270 g/mol. The van der Waals surface area contributed by atoms with E-state index in [2.05, 4.69) is 15.0 Å². The van der Waals surface area contributed by atoms with Gasteiger partial charge >= 0.3 is 0 Å². The van der Waals surface area contributed by atoms with Gasteiger partial charge in [0, 0.05) is 5.39 Å². The average molecular weight is 281 g/mol. The summed E-state index contributed by atoms with van der Waals surface area (Å²) in [6, 6.07) is 9.88. The second kappa shape index (κ2) is 4.05. The predicted molar refractivity (Wildman–Crippen MR) is 82.3 cm³/mol. The van der Waals surface area contributed by atoms with Crippen LogP contribution < -0.4 is 5.56 Å². The Labute approximate surface area is 118 Å². The second-order valence-corrected chi connectivity index (χ2v) is 5.74. The normalized spacial score (nSPS) is 11.4. The topological polar surface area (TPSA) is 61.5 Å². The number of aryl methyl sites for hydroxylation is 1. The van der Waals surface area contributed by atoms with Crippen molar-refractivity contribution in [1.82, 2.24) is 15.0 Å². The van der Waals surface area contributed by atoms with Crippen molar-refractivity contribution in [1.29, 1.82) is 0 Å². The Bertz CT molecular complexity index is 993. The van der Waals surface area contributed by atoms with Gasteiger partial charge in [0.25, 0.3) is 5.56 Å². The molecule has 0 radical (unpaired) electrons. The van der Waals surface area contributed by atoms with Crippen LogP contribution in [0.2, 0.25) is 0 Å². The van der Waals surface area contributed by atoms with E-state index in [0.29, 0.717) is 11.4 Å². The van der Waals surface area contributed by atoms with Crippen molar-refractivity contribution < 1.29 is 0 Å². The molecule has 0 aliphatic heterocycles. The van der Waals surface area contributed by atoms with Gasteiger partial charge in [0.05, 0.1) is 16.6 Å². The maximum Gasteiger partial charge on any atom is 0.260 e. The lowest BCUT2D eigenvalue weighted by molar-refractivity contribution is 1.26. The Balaban J connectivity index is 1.99. The number of thiophene rings is 1. The summed E-state index contributed by atoms with van der Waals surface area (Å²) >= 11 is 1.53. The van der Waals surface area contributed by atoms with E-state index in [1.54, 1.807) is 0 Å². The molecule has 0 saturated heterocycles. The number of nitrogens with one attached hydrogen (secondary N) is 2. The standard InChI is InChI=1S/C15H11N3OS/c1-8-2-3-11-12(6-8)17-13(16-11)10-7-9-4-5-20-15(9)18-14(10)19/h2-7H,1H3,(H,16,17)(H,18,19). The van der Waals surface area contributed by atoms with E-state index in [9.17, 15) is 4.79 Å². The molecule has 0 saturated carbocycles. The highest BCUT2D eigenvalue weighted by Crippen LogP contribution is 2.23. The fourth-order valence-electron chi connectivity index (χ4n) is 2.35. The maximum atomic E-state index is 12.2. The van der Waals surface area contributed by atoms with Gasteiger partial charge in [-0.05, 0) is 42.1 Å². The third-order valence-corrected chi connectivity index (χ3v) is 4.21. The number of benzene rings is 1. The molecule has 0 amide bonds. The molecule has 1 aromatic carbocycles. The minimum atomic E-state index is -0.115. The fraction of sp³-hybridized carbons (Fsp3) is 0.0667. The molecule has 20 heavy (non-hydrogen) atoms. The molecule has 0 aliphatic carbocycles. The maximum absolute atomic E-state index is 12.2. The highest BCUT2D eigenvalue weighted by Gasteiger charge is 2.10. The van der Waals surface area contributed by atoms with E-state index in [-0.39, 0.29) is 5.56 Å². The number of H-pyrrole nitrogens is 2. The summed E-state index contributed by atoms with van der Waals surface area (Å²) in [6.45, 7) is 2.03. The third kappa shape index (κ3) is 1.67. The molecule has 4 nitrogen and oxygen atoms in total. The van der Waals surface area contributed by atoms with Crippen LogP contribution in [0.1, 0.15) is 5.56 Å². The predicted octanol–water partition coefficient (Wildman–Crippen LogP) is 3.44. The van der Waals surface area contributed by atoms with E-state index >= 15 is 0 Å². The van der Waals surface area contributed by atoms with Crippen molar-refractivity contribution in [3.05, 3.63) is 51.6 Å².